The molecule has 3 aromatic rings. The van der Waals surface area contributed by atoms with Gasteiger partial charge in [-0.1, -0.05) is 24.3 Å². The highest BCUT2D eigenvalue weighted by Crippen LogP contribution is 2.40. The Balaban J connectivity index is 1.49. The van der Waals surface area contributed by atoms with E-state index in [1.807, 2.05) is 0 Å². The van der Waals surface area contributed by atoms with Gasteiger partial charge in [-0.3, -0.25) is 19.3 Å². The van der Waals surface area contributed by atoms with Gasteiger partial charge in [0, 0.05) is 13.1 Å². The minimum absolute atomic E-state index is 0.0101. The van der Waals surface area contributed by atoms with Crippen molar-refractivity contribution in [3.8, 4) is 11.8 Å². The Morgan fingerprint density at radius 2 is 1.77 bits per heavy atom. The van der Waals surface area contributed by atoms with Crippen LogP contribution in [0.3, 0.4) is 0 Å². The molecule has 2 fully saturated rings. The predicted octanol–water partition coefficient (Wildman–Crippen LogP) is 2.45. The number of para-hydroxylation sites is 1. The number of alkyl halides is 3. The van der Waals surface area contributed by atoms with Crippen LogP contribution < -0.4 is 9.47 Å². The maximum Gasteiger partial charge on any atom is 0.405 e. The molecular weight excluding hydrogens is 578 g/mol. The van der Waals surface area contributed by atoms with E-state index in [1.165, 1.54) is 48.4 Å². The summed E-state index contributed by atoms with van der Waals surface area (Å²) in [4.78, 5) is 45.7. The second-order valence-corrected chi connectivity index (χ2v) is 9.91. The van der Waals surface area contributed by atoms with Gasteiger partial charge in [0.15, 0.2) is 11.6 Å². The molecule has 0 radical (unpaired) electrons. The fraction of sp³-hybridized carbons (Fsp3) is 0.393. The van der Waals surface area contributed by atoms with Crippen molar-refractivity contribution in [1.29, 1.82) is 0 Å². The van der Waals surface area contributed by atoms with Crippen LogP contribution in [0.2, 0.25) is 0 Å². The molecule has 2 unspecified atom stereocenters. The second-order valence-electron chi connectivity index (χ2n) is 9.91. The topological polar surface area (TPSA) is 116 Å². The van der Waals surface area contributed by atoms with Crippen LogP contribution in [0.25, 0.3) is 0 Å². The SMILES string of the molecule is COc1ccccc1C(=O)n1nc(C2C(=O)CN(CC(=O)N3CCOCC3)C2C(F)(F)F)nc1OCc1ccc(F)cc1. The summed E-state index contributed by atoms with van der Waals surface area (Å²) in [6.45, 7) is -0.582. The van der Waals surface area contributed by atoms with Crippen LogP contribution in [0.5, 0.6) is 11.8 Å². The summed E-state index contributed by atoms with van der Waals surface area (Å²) in [5, 5.41) is 4.04. The Bertz CT molecular complexity index is 1490. The molecule has 2 saturated heterocycles. The molecule has 5 rings (SSSR count). The molecule has 43 heavy (non-hydrogen) atoms. The van der Waals surface area contributed by atoms with Crippen molar-refractivity contribution in [1.82, 2.24) is 24.6 Å². The number of benzene rings is 2. The average Bonchev–Trinajstić information content (AvgIpc) is 3.57. The number of methoxy groups -OCH3 is 1. The van der Waals surface area contributed by atoms with Crippen molar-refractivity contribution in [3.05, 3.63) is 71.3 Å². The van der Waals surface area contributed by atoms with E-state index in [-0.39, 0.29) is 44.2 Å². The molecule has 1 amide bonds. The van der Waals surface area contributed by atoms with E-state index in [4.69, 9.17) is 14.2 Å². The molecule has 15 heteroatoms. The normalized spacial score (nSPS) is 19.5. The summed E-state index contributed by atoms with van der Waals surface area (Å²) in [5.74, 6) is -5.13. The molecule has 1 aromatic heterocycles. The smallest absolute Gasteiger partial charge is 0.405 e. The van der Waals surface area contributed by atoms with Crippen LogP contribution in [-0.2, 0) is 20.9 Å². The maximum absolute atomic E-state index is 14.5. The van der Waals surface area contributed by atoms with Gasteiger partial charge < -0.3 is 19.1 Å². The molecule has 0 bridgehead atoms. The maximum atomic E-state index is 14.5. The fourth-order valence-corrected chi connectivity index (χ4v) is 5.04. The molecule has 11 nitrogen and oxygen atoms in total. The van der Waals surface area contributed by atoms with Gasteiger partial charge in [-0.25, -0.2) is 4.39 Å². The van der Waals surface area contributed by atoms with E-state index >= 15 is 0 Å². The van der Waals surface area contributed by atoms with Crippen molar-refractivity contribution in [2.24, 2.45) is 0 Å². The first-order valence-electron chi connectivity index (χ1n) is 13.3. The van der Waals surface area contributed by atoms with E-state index in [0.717, 1.165) is 4.90 Å². The number of nitrogens with zero attached hydrogens (tertiary/aromatic N) is 5. The van der Waals surface area contributed by atoms with E-state index in [1.54, 1.807) is 12.1 Å². The first-order valence-corrected chi connectivity index (χ1v) is 13.3. The first kappa shape index (κ1) is 30.1. The number of carbonyl (C=O) groups excluding carboxylic acids is 3. The third-order valence-electron chi connectivity index (χ3n) is 7.14. The summed E-state index contributed by atoms with van der Waals surface area (Å²) in [6, 6.07) is 8.41. The lowest BCUT2D eigenvalue weighted by molar-refractivity contribution is -0.182. The quantitative estimate of drug-likeness (QED) is 0.357. The number of ether oxygens (including phenoxy) is 3. The van der Waals surface area contributed by atoms with Crippen molar-refractivity contribution in [2.45, 2.75) is 24.7 Å². The zero-order chi connectivity index (χ0) is 30.7. The third kappa shape index (κ3) is 6.51. The van der Waals surface area contributed by atoms with Crippen molar-refractivity contribution in [2.75, 3.05) is 46.5 Å². The van der Waals surface area contributed by atoms with Crippen molar-refractivity contribution in [3.63, 3.8) is 0 Å². The Morgan fingerprint density at radius 1 is 1.07 bits per heavy atom. The number of morpholine rings is 1. The molecule has 2 aliphatic heterocycles. The number of likely N-dealkylation sites (tertiary alicyclic amines) is 1. The number of aromatic nitrogens is 3. The van der Waals surface area contributed by atoms with Crippen LogP contribution in [0, 0.1) is 5.82 Å². The predicted molar refractivity (Wildman–Crippen MR) is 140 cm³/mol. The van der Waals surface area contributed by atoms with Gasteiger partial charge in [-0.15, -0.1) is 9.78 Å². The lowest BCUT2D eigenvalue weighted by Gasteiger charge is -2.31. The number of hydrogen-bond acceptors (Lipinski definition) is 9. The number of hydrogen-bond donors (Lipinski definition) is 0. The Labute approximate surface area is 242 Å². The number of Topliss-reactive ketones (excluding diaryl/α,β-unsaturated/α-hetero) is 1. The molecule has 0 saturated carbocycles. The highest BCUT2D eigenvalue weighted by atomic mass is 19.4. The van der Waals surface area contributed by atoms with Gasteiger partial charge in [0.05, 0.1) is 39.0 Å². The number of carbonyl (C=O) groups is 3. The Morgan fingerprint density at radius 3 is 2.44 bits per heavy atom. The Kier molecular flexibility index (Phi) is 8.73. The lowest BCUT2D eigenvalue weighted by atomic mass is 9.98. The molecule has 228 valence electrons. The number of amides is 1. The first-order chi connectivity index (χ1) is 20.6. The summed E-state index contributed by atoms with van der Waals surface area (Å²) < 4.78 is 73.6. The van der Waals surface area contributed by atoms with Crippen LogP contribution in [0.1, 0.15) is 27.7 Å². The zero-order valence-corrected chi connectivity index (χ0v) is 22.9. The molecule has 3 heterocycles. The summed E-state index contributed by atoms with van der Waals surface area (Å²) in [6.07, 6.45) is -4.95. The van der Waals surface area contributed by atoms with E-state index < -0.39 is 66.5 Å². The summed E-state index contributed by atoms with van der Waals surface area (Å²) in [7, 11) is 1.34. The van der Waals surface area contributed by atoms with Crippen molar-refractivity contribution >= 4 is 17.6 Å². The van der Waals surface area contributed by atoms with Gasteiger partial charge in [-0.05, 0) is 29.8 Å². The summed E-state index contributed by atoms with van der Waals surface area (Å²) in [5.41, 5.74) is 0.482. The molecule has 0 spiro atoms. The number of halogens is 4. The zero-order valence-electron chi connectivity index (χ0n) is 22.9. The fourth-order valence-electron chi connectivity index (χ4n) is 5.04. The standard InChI is InChI=1S/C28H27F4N5O6/c1-41-21-5-3-2-4-19(21)26(40)37-27(43-16-17-6-8-18(29)9-7-17)33-25(34-37)23-20(38)14-36(24(23)28(30,31)32)15-22(39)35-10-12-42-13-11-35/h2-9,23-24H,10-16H2,1H3. The largest absolute Gasteiger partial charge is 0.496 e. The van der Waals surface area contributed by atoms with E-state index in [0.29, 0.717) is 10.2 Å². The van der Waals surface area contributed by atoms with E-state index in [9.17, 15) is 31.9 Å². The van der Waals surface area contributed by atoms with Gasteiger partial charge in [0.1, 0.15) is 30.1 Å². The van der Waals surface area contributed by atoms with Crippen molar-refractivity contribution < 1.29 is 46.2 Å². The lowest BCUT2D eigenvalue weighted by Crippen LogP contribution is -2.50. The monoisotopic (exact) mass is 605 g/mol. The molecular formula is C28H27F4N5O6. The highest BCUT2D eigenvalue weighted by Gasteiger charge is 2.58. The van der Waals surface area contributed by atoms with Crippen LogP contribution in [-0.4, -0.2) is 101 Å². The van der Waals surface area contributed by atoms with Gasteiger partial charge >= 0.3 is 12.2 Å². The highest BCUT2D eigenvalue weighted by molar-refractivity contribution is 5.98. The molecule has 2 aliphatic rings. The summed E-state index contributed by atoms with van der Waals surface area (Å²) >= 11 is 0. The molecule has 0 N–H and O–H groups in total. The second kappa shape index (κ2) is 12.5. The Hall–Kier alpha value is -4.37. The molecule has 2 aromatic carbocycles. The van der Waals surface area contributed by atoms with Gasteiger partial charge in [0.2, 0.25) is 5.91 Å². The minimum atomic E-state index is -4.95. The number of rotatable bonds is 8. The van der Waals surface area contributed by atoms with Gasteiger partial charge in [0.25, 0.3) is 5.91 Å². The van der Waals surface area contributed by atoms with Gasteiger partial charge in [-0.2, -0.15) is 18.2 Å². The van der Waals surface area contributed by atoms with Crippen LogP contribution in [0.15, 0.2) is 48.5 Å². The average molecular weight is 606 g/mol. The molecule has 2 atom stereocenters. The van der Waals surface area contributed by atoms with Crippen LogP contribution >= 0.6 is 0 Å². The van der Waals surface area contributed by atoms with Crippen LogP contribution in [0.4, 0.5) is 17.6 Å². The number of ketones is 1. The molecule has 0 aliphatic carbocycles. The minimum Gasteiger partial charge on any atom is -0.496 e. The van der Waals surface area contributed by atoms with E-state index in [2.05, 4.69) is 10.1 Å². The third-order valence-corrected chi connectivity index (χ3v) is 7.14.